The molecular formula is C19H25ClN4O2. The van der Waals surface area contributed by atoms with Gasteiger partial charge in [0, 0.05) is 44.2 Å². The number of aliphatic hydroxyl groups is 1. The normalized spacial score (nSPS) is 16.0. The van der Waals surface area contributed by atoms with E-state index in [2.05, 4.69) is 15.3 Å². The minimum Gasteiger partial charge on any atom is -0.387 e. The number of aryl methyl sites for hydroxylation is 1. The SMILES string of the molecule is CC(O)c1cc2n(n1)CCCN(CCC(=O)NCc1cccc(Cl)c1)C2. The second-order valence-corrected chi connectivity index (χ2v) is 7.18. The van der Waals surface area contributed by atoms with Gasteiger partial charge < -0.3 is 10.4 Å². The summed E-state index contributed by atoms with van der Waals surface area (Å²) in [5.74, 6) is 0.0346. The number of nitrogens with one attached hydrogen (secondary N) is 1. The largest absolute Gasteiger partial charge is 0.387 e. The first-order chi connectivity index (χ1) is 12.5. The molecule has 26 heavy (non-hydrogen) atoms. The predicted molar refractivity (Wildman–Crippen MR) is 101 cm³/mol. The zero-order chi connectivity index (χ0) is 18.5. The molecule has 1 amide bonds. The molecule has 1 aliphatic heterocycles. The smallest absolute Gasteiger partial charge is 0.221 e. The van der Waals surface area contributed by atoms with Crippen LogP contribution in [0.4, 0.5) is 0 Å². The molecule has 2 N–H and O–H groups in total. The van der Waals surface area contributed by atoms with Crippen molar-refractivity contribution in [3.63, 3.8) is 0 Å². The Morgan fingerprint density at radius 1 is 1.38 bits per heavy atom. The summed E-state index contributed by atoms with van der Waals surface area (Å²) in [4.78, 5) is 14.4. The first kappa shape index (κ1) is 18.9. The maximum atomic E-state index is 12.1. The van der Waals surface area contributed by atoms with E-state index in [0.29, 0.717) is 30.2 Å². The summed E-state index contributed by atoms with van der Waals surface area (Å²) in [6.45, 7) is 5.46. The van der Waals surface area contributed by atoms with E-state index in [1.54, 1.807) is 6.92 Å². The average molecular weight is 377 g/mol. The number of aliphatic hydroxyl groups excluding tert-OH is 1. The fourth-order valence-electron chi connectivity index (χ4n) is 3.14. The van der Waals surface area contributed by atoms with E-state index in [1.165, 1.54) is 0 Å². The van der Waals surface area contributed by atoms with Crippen molar-refractivity contribution in [1.82, 2.24) is 20.0 Å². The van der Waals surface area contributed by atoms with Crippen LogP contribution in [0.5, 0.6) is 0 Å². The molecule has 1 aromatic heterocycles. The average Bonchev–Trinajstić information content (AvgIpc) is 2.91. The van der Waals surface area contributed by atoms with Gasteiger partial charge in [0.15, 0.2) is 0 Å². The summed E-state index contributed by atoms with van der Waals surface area (Å²) in [6, 6.07) is 9.47. The Morgan fingerprint density at radius 2 is 2.23 bits per heavy atom. The summed E-state index contributed by atoms with van der Waals surface area (Å²) in [7, 11) is 0. The van der Waals surface area contributed by atoms with Gasteiger partial charge in [-0.2, -0.15) is 5.10 Å². The zero-order valence-electron chi connectivity index (χ0n) is 15.0. The fourth-order valence-corrected chi connectivity index (χ4v) is 3.35. The Labute approximate surface area is 158 Å². The predicted octanol–water partition coefficient (Wildman–Crippen LogP) is 2.50. The van der Waals surface area contributed by atoms with Crippen LogP contribution in [0.3, 0.4) is 0 Å². The minimum atomic E-state index is -0.555. The molecule has 3 rings (SSSR count). The van der Waals surface area contributed by atoms with Crippen LogP contribution in [0.15, 0.2) is 30.3 Å². The second kappa shape index (κ2) is 8.66. The Hall–Kier alpha value is -1.89. The number of hydrogen-bond acceptors (Lipinski definition) is 4. The number of carbonyl (C=O) groups excluding carboxylic acids is 1. The lowest BCUT2D eigenvalue weighted by molar-refractivity contribution is -0.121. The lowest BCUT2D eigenvalue weighted by Gasteiger charge is -2.19. The minimum absolute atomic E-state index is 0.0346. The fraction of sp³-hybridized carbons (Fsp3) is 0.474. The highest BCUT2D eigenvalue weighted by molar-refractivity contribution is 6.30. The summed E-state index contributed by atoms with van der Waals surface area (Å²) in [6.07, 6.45) is 0.885. The number of halogens is 1. The molecule has 1 atom stereocenters. The molecule has 0 aliphatic carbocycles. The molecule has 0 spiro atoms. The van der Waals surface area contributed by atoms with E-state index in [0.717, 1.165) is 37.3 Å². The number of rotatable bonds is 6. The number of aromatic nitrogens is 2. The van der Waals surface area contributed by atoms with Crippen molar-refractivity contribution in [2.45, 2.75) is 45.5 Å². The zero-order valence-corrected chi connectivity index (χ0v) is 15.7. The van der Waals surface area contributed by atoms with Crippen LogP contribution in [0, 0.1) is 0 Å². The van der Waals surface area contributed by atoms with Crippen LogP contribution in [-0.2, 0) is 24.4 Å². The molecule has 0 fully saturated rings. The lowest BCUT2D eigenvalue weighted by Crippen LogP contribution is -2.30. The number of amides is 1. The van der Waals surface area contributed by atoms with Gasteiger partial charge in [0.2, 0.25) is 5.91 Å². The molecule has 2 aromatic rings. The van der Waals surface area contributed by atoms with Gasteiger partial charge in [0.25, 0.3) is 0 Å². The molecule has 0 bridgehead atoms. The van der Waals surface area contributed by atoms with Crippen LogP contribution in [0.25, 0.3) is 0 Å². The molecule has 1 aliphatic rings. The number of fused-ring (bicyclic) bond motifs is 1. The highest BCUT2D eigenvalue weighted by Crippen LogP contribution is 2.18. The Balaban J connectivity index is 1.48. The van der Waals surface area contributed by atoms with Crippen LogP contribution in [0.1, 0.15) is 42.8 Å². The number of nitrogens with zero attached hydrogens (tertiary/aromatic N) is 3. The summed E-state index contributed by atoms with van der Waals surface area (Å²) in [5, 5.41) is 17.8. The van der Waals surface area contributed by atoms with Gasteiger partial charge in [-0.05, 0) is 37.1 Å². The van der Waals surface area contributed by atoms with Crippen molar-refractivity contribution in [3.8, 4) is 0 Å². The summed E-state index contributed by atoms with van der Waals surface area (Å²) < 4.78 is 1.97. The van der Waals surface area contributed by atoms with Crippen molar-refractivity contribution in [1.29, 1.82) is 0 Å². The van der Waals surface area contributed by atoms with E-state index in [1.807, 2.05) is 35.0 Å². The van der Waals surface area contributed by atoms with Crippen molar-refractivity contribution >= 4 is 17.5 Å². The van der Waals surface area contributed by atoms with Gasteiger partial charge in [0.05, 0.1) is 17.5 Å². The van der Waals surface area contributed by atoms with Crippen molar-refractivity contribution in [3.05, 3.63) is 52.3 Å². The quantitative estimate of drug-likeness (QED) is 0.812. The van der Waals surface area contributed by atoms with Gasteiger partial charge in [0.1, 0.15) is 0 Å². The van der Waals surface area contributed by atoms with E-state index < -0.39 is 6.10 Å². The van der Waals surface area contributed by atoms with Crippen LogP contribution in [0.2, 0.25) is 5.02 Å². The Morgan fingerprint density at radius 3 is 3.00 bits per heavy atom. The maximum Gasteiger partial charge on any atom is 0.221 e. The topological polar surface area (TPSA) is 70.4 Å². The molecule has 140 valence electrons. The van der Waals surface area contributed by atoms with Crippen molar-refractivity contribution in [2.75, 3.05) is 13.1 Å². The van der Waals surface area contributed by atoms with E-state index >= 15 is 0 Å². The third-order valence-corrected chi connectivity index (χ3v) is 4.81. The summed E-state index contributed by atoms with van der Waals surface area (Å²) in [5.41, 5.74) is 2.80. The third-order valence-electron chi connectivity index (χ3n) is 4.57. The summed E-state index contributed by atoms with van der Waals surface area (Å²) >= 11 is 5.96. The number of benzene rings is 1. The first-order valence-electron chi connectivity index (χ1n) is 8.99. The van der Waals surface area contributed by atoms with E-state index in [9.17, 15) is 9.90 Å². The molecule has 7 heteroatoms. The van der Waals surface area contributed by atoms with Crippen LogP contribution >= 0.6 is 11.6 Å². The van der Waals surface area contributed by atoms with E-state index in [4.69, 9.17) is 11.6 Å². The number of carbonyl (C=O) groups is 1. The van der Waals surface area contributed by atoms with Crippen LogP contribution in [-0.4, -0.2) is 38.8 Å². The Bertz CT molecular complexity index is 760. The van der Waals surface area contributed by atoms with Gasteiger partial charge in [-0.15, -0.1) is 0 Å². The van der Waals surface area contributed by atoms with Gasteiger partial charge in [-0.1, -0.05) is 23.7 Å². The van der Waals surface area contributed by atoms with Gasteiger partial charge >= 0.3 is 0 Å². The highest BCUT2D eigenvalue weighted by Gasteiger charge is 2.18. The Kier molecular flexibility index (Phi) is 6.29. The molecule has 6 nitrogen and oxygen atoms in total. The molecule has 0 saturated carbocycles. The second-order valence-electron chi connectivity index (χ2n) is 6.75. The molecule has 1 aromatic carbocycles. The standard InChI is InChI=1S/C19H25ClN4O2/c1-14(25)18-11-17-13-23(7-3-8-24(17)22-18)9-6-19(26)21-12-15-4-2-5-16(20)10-15/h2,4-5,10-11,14,25H,3,6-9,12-13H2,1H3,(H,21,26). The maximum absolute atomic E-state index is 12.1. The van der Waals surface area contributed by atoms with E-state index in [-0.39, 0.29) is 5.91 Å². The highest BCUT2D eigenvalue weighted by atomic mass is 35.5. The van der Waals surface area contributed by atoms with Crippen molar-refractivity contribution in [2.24, 2.45) is 0 Å². The van der Waals surface area contributed by atoms with Gasteiger partial charge in [-0.3, -0.25) is 14.4 Å². The number of hydrogen-bond donors (Lipinski definition) is 2. The molecular weight excluding hydrogens is 352 g/mol. The van der Waals surface area contributed by atoms with Crippen molar-refractivity contribution < 1.29 is 9.90 Å². The van der Waals surface area contributed by atoms with Gasteiger partial charge in [-0.25, -0.2) is 0 Å². The first-order valence-corrected chi connectivity index (χ1v) is 9.37. The molecule has 2 heterocycles. The molecule has 0 radical (unpaired) electrons. The third kappa shape index (κ3) is 5.06. The molecule has 0 saturated heterocycles. The monoisotopic (exact) mass is 376 g/mol. The molecule has 1 unspecified atom stereocenters. The van der Waals surface area contributed by atoms with Crippen LogP contribution < -0.4 is 5.32 Å². The lowest BCUT2D eigenvalue weighted by atomic mass is 10.2.